The Kier molecular flexibility index (Phi) is 8.91. The predicted octanol–water partition coefficient (Wildman–Crippen LogP) is 7.03. The van der Waals surface area contributed by atoms with Crippen molar-refractivity contribution in [3.63, 3.8) is 0 Å². The summed E-state index contributed by atoms with van der Waals surface area (Å²) in [5.41, 5.74) is -0.189. The Morgan fingerprint density at radius 1 is 0.862 bits per heavy atom. The molecular weight excluding hydrogens is 521 g/mol. The Balaban J connectivity index is 0.000000296. The number of carbonyl (C=O) groups excluding carboxylic acids is 1. The Bertz CT molecular complexity index is 858. The maximum atomic E-state index is 11.9. The highest BCUT2D eigenvalue weighted by Crippen LogP contribution is 2.30. The number of benzene rings is 2. The largest absolute Gasteiger partial charge is 0.573 e. The molecule has 0 aliphatic heterocycles. The third kappa shape index (κ3) is 9.46. The molecule has 2 rings (SSSR count). The second kappa shape index (κ2) is 10.3. The van der Waals surface area contributed by atoms with Gasteiger partial charge < -0.3 is 14.2 Å². The summed E-state index contributed by atoms with van der Waals surface area (Å²) in [5.74, 6) is -1.67. The van der Waals surface area contributed by atoms with Crippen molar-refractivity contribution in [2.75, 3.05) is 7.11 Å². The van der Waals surface area contributed by atoms with Crippen LogP contribution in [0.1, 0.15) is 10.4 Å². The average Bonchev–Trinajstić information content (AvgIpc) is 2.57. The maximum Gasteiger partial charge on any atom is 0.573 e. The fourth-order valence-corrected chi connectivity index (χ4v) is 2.31. The molecule has 0 saturated heterocycles. The standard InChI is InChI=1S/C9H6ClF3O3.C7H3BrClF3O/c1-15-8(14)6-4-5(2-3-7(6)10)16-9(11,12)13;8-5-3-4(1-2-6(5)9)13-7(10,11)12/h2-4H,1H3;1-3H. The van der Waals surface area contributed by atoms with E-state index in [0.717, 1.165) is 37.4 Å². The number of rotatable bonds is 3. The van der Waals surface area contributed by atoms with Gasteiger partial charge in [-0.05, 0) is 52.3 Å². The van der Waals surface area contributed by atoms with Crippen molar-refractivity contribution >= 4 is 45.1 Å². The van der Waals surface area contributed by atoms with Crippen LogP contribution in [0.4, 0.5) is 26.3 Å². The highest BCUT2D eigenvalue weighted by Gasteiger charge is 2.32. The molecular formula is C16H9BrCl2F6O4. The van der Waals surface area contributed by atoms with Crippen molar-refractivity contribution in [3.8, 4) is 11.5 Å². The Morgan fingerprint density at radius 2 is 1.31 bits per heavy atom. The Hall–Kier alpha value is -1.85. The minimum Gasteiger partial charge on any atom is -0.465 e. The molecule has 0 heterocycles. The van der Waals surface area contributed by atoms with Gasteiger partial charge in [0.2, 0.25) is 0 Å². The number of carbonyl (C=O) groups is 1. The summed E-state index contributed by atoms with van der Waals surface area (Å²) in [6, 6.07) is 6.59. The molecule has 0 atom stereocenters. The van der Waals surface area contributed by atoms with Gasteiger partial charge in [-0.25, -0.2) is 4.79 Å². The Labute approximate surface area is 178 Å². The fraction of sp³-hybridized carbons (Fsp3) is 0.188. The number of halogens is 9. The molecule has 0 fully saturated rings. The summed E-state index contributed by atoms with van der Waals surface area (Å²) in [6.07, 6.45) is -9.49. The average molecular weight is 530 g/mol. The van der Waals surface area contributed by atoms with Crippen molar-refractivity contribution in [1.82, 2.24) is 0 Å². The van der Waals surface area contributed by atoms with E-state index < -0.39 is 24.4 Å². The predicted molar refractivity (Wildman–Crippen MR) is 95.3 cm³/mol. The first-order valence-electron chi connectivity index (χ1n) is 7.06. The van der Waals surface area contributed by atoms with E-state index in [1.54, 1.807) is 0 Å². The molecule has 0 aromatic heterocycles. The fourth-order valence-electron chi connectivity index (χ4n) is 1.64. The van der Waals surface area contributed by atoms with Crippen molar-refractivity contribution in [3.05, 3.63) is 56.5 Å². The van der Waals surface area contributed by atoms with Crippen molar-refractivity contribution in [2.45, 2.75) is 12.7 Å². The van der Waals surface area contributed by atoms with E-state index in [1.165, 1.54) is 6.07 Å². The minimum atomic E-state index is -4.82. The molecule has 0 bridgehead atoms. The second-order valence-electron chi connectivity index (χ2n) is 4.80. The zero-order valence-corrected chi connectivity index (χ0v) is 17.1. The van der Waals surface area contributed by atoms with Gasteiger partial charge in [-0.1, -0.05) is 23.2 Å². The van der Waals surface area contributed by atoms with E-state index in [1.807, 2.05) is 0 Å². The van der Waals surface area contributed by atoms with Crippen LogP contribution in [-0.4, -0.2) is 25.8 Å². The molecule has 0 aliphatic carbocycles. The topological polar surface area (TPSA) is 44.8 Å². The van der Waals surface area contributed by atoms with E-state index in [2.05, 4.69) is 30.1 Å². The van der Waals surface area contributed by atoms with Gasteiger partial charge in [0.1, 0.15) is 11.5 Å². The molecule has 29 heavy (non-hydrogen) atoms. The molecule has 0 saturated carbocycles. The number of hydrogen-bond donors (Lipinski definition) is 0. The van der Waals surface area contributed by atoms with Gasteiger partial charge in [0.05, 0.1) is 22.7 Å². The summed E-state index contributed by atoms with van der Waals surface area (Å²) in [4.78, 5) is 11.1. The van der Waals surface area contributed by atoms with Crippen LogP contribution in [0.2, 0.25) is 10.0 Å². The van der Waals surface area contributed by atoms with Crippen LogP contribution in [0.15, 0.2) is 40.9 Å². The van der Waals surface area contributed by atoms with Crippen LogP contribution >= 0.6 is 39.1 Å². The lowest BCUT2D eigenvalue weighted by Crippen LogP contribution is -2.17. The monoisotopic (exact) mass is 528 g/mol. The zero-order valence-electron chi connectivity index (χ0n) is 14.0. The molecule has 0 radical (unpaired) electrons. The van der Waals surface area contributed by atoms with Gasteiger partial charge in [-0.2, -0.15) is 0 Å². The van der Waals surface area contributed by atoms with Crippen LogP contribution in [0, 0.1) is 0 Å². The summed E-state index contributed by atoms with van der Waals surface area (Å²) in [7, 11) is 1.09. The molecule has 160 valence electrons. The van der Waals surface area contributed by atoms with Crippen LogP contribution in [0.3, 0.4) is 0 Å². The summed E-state index contributed by atoms with van der Waals surface area (Å²) in [5, 5.41) is 0.316. The highest BCUT2D eigenvalue weighted by atomic mass is 79.9. The normalized spacial score (nSPS) is 11.2. The van der Waals surface area contributed by atoms with Crippen molar-refractivity contribution < 1.29 is 45.3 Å². The van der Waals surface area contributed by atoms with Crippen molar-refractivity contribution in [2.24, 2.45) is 0 Å². The molecule has 0 aliphatic rings. The van der Waals surface area contributed by atoms with Crippen LogP contribution in [-0.2, 0) is 4.74 Å². The maximum absolute atomic E-state index is 11.9. The van der Waals surface area contributed by atoms with Gasteiger partial charge >= 0.3 is 18.7 Å². The number of ether oxygens (including phenoxy) is 3. The summed E-state index contributed by atoms with van der Waals surface area (Å²) >= 11 is 14.1. The first kappa shape index (κ1) is 25.2. The number of hydrogen-bond acceptors (Lipinski definition) is 4. The molecule has 2 aromatic rings. The number of esters is 1. The second-order valence-corrected chi connectivity index (χ2v) is 6.47. The number of methoxy groups -OCH3 is 1. The molecule has 0 N–H and O–H groups in total. The van der Waals surface area contributed by atoms with Crippen LogP contribution in [0.25, 0.3) is 0 Å². The number of alkyl halides is 6. The molecule has 13 heteroatoms. The van der Waals surface area contributed by atoms with E-state index in [-0.39, 0.29) is 16.3 Å². The third-order valence-electron chi connectivity index (χ3n) is 2.70. The van der Waals surface area contributed by atoms with Crippen molar-refractivity contribution in [1.29, 1.82) is 0 Å². The molecule has 4 nitrogen and oxygen atoms in total. The lowest BCUT2D eigenvalue weighted by molar-refractivity contribution is -0.275. The molecule has 0 spiro atoms. The smallest absolute Gasteiger partial charge is 0.465 e. The quantitative estimate of drug-likeness (QED) is 0.316. The van der Waals surface area contributed by atoms with Gasteiger partial charge in [-0.3, -0.25) is 0 Å². The Morgan fingerprint density at radius 3 is 1.72 bits per heavy atom. The summed E-state index contributed by atoms with van der Waals surface area (Å²) in [6.45, 7) is 0. The van der Waals surface area contributed by atoms with Gasteiger partial charge in [0.25, 0.3) is 0 Å². The molecule has 0 amide bonds. The lowest BCUT2D eigenvalue weighted by atomic mass is 10.2. The van der Waals surface area contributed by atoms with E-state index >= 15 is 0 Å². The van der Waals surface area contributed by atoms with Gasteiger partial charge in [0.15, 0.2) is 0 Å². The molecule has 0 unspecified atom stereocenters. The van der Waals surface area contributed by atoms with E-state index in [0.29, 0.717) is 9.50 Å². The minimum absolute atomic E-state index is 0.0126. The highest BCUT2D eigenvalue weighted by molar-refractivity contribution is 9.10. The summed E-state index contributed by atoms with van der Waals surface area (Å²) < 4.78 is 82.7. The van der Waals surface area contributed by atoms with Crippen LogP contribution < -0.4 is 9.47 Å². The third-order valence-corrected chi connectivity index (χ3v) is 4.24. The van der Waals surface area contributed by atoms with Gasteiger partial charge in [-0.15, -0.1) is 26.3 Å². The SMILES string of the molecule is COC(=O)c1cc(OC(F)(F)F)ccc1Cl.FC(F)(F)Oc1ccc(Cl)c(Br)c1. The molecule has 2 aromatic carbocycles. The van der Waals surface area contributed by atoms with Crippen LogP contribution in [0.5, 0.6) is 11.5 Å². The first-order valence-corrected chi connectivity index (χ1v) is 8.61. The van der Waals surface area contributed by atoms with Gasteiger partial charge in [0, 0.05) is 4.47 Å². The lowest BCUT2D eigenvalue weighted by Gasteiger charge is -2.10. The van der Waals surface area contributed by atoms with E-state index in [4.69, 9.17) is 23.2 Å². The van der Waals surface area contributed by atoms with E-state index in [9.17, 15) is 31.1 Å². The zero-order chi connectivity index (χ0) is 22.4. The first-order chi connectivity index (χ1) is 13.2.